The lowest BCUT2D eigenvalue weighted by molar-refractivity contribution is 1.14. The zero-order valence-corrected chi connectivity index (χ0v) is 12.2. The minimum Gasteiger partial charge on any atom is -0.397 e. The van der Waals surface area contributed by atoms with Crippen LogP contribution in [0.1, 0.15) is 16.7 Å². The number of nitrogens with one attached hydrogen (secondary N) is 1. The van der Waals surface area contributed by atoms with Crippen LogP contribution in [-0.2, 0) is 6.54 Å². The maximum Gasteiger partial charge on any atom is 0.0579 e. The number of hydrogen-bond acceptors (Lipinski definition) is 2. The molecule has 0 spiro atoms. The first kappa shape index (κ1) is 13.0. The van der Waals surface area contributed by atoms with Crippen LogP contribution < -0.4 is 11.1 Å². The van der Waals surface area contributed by atoms with Crippen molar-refractivity contribution in [2.24, 2.45) is 0 Å². The van der Waals surface area contributed by atoms with E-state index in [2.05, 4.69) is 53.3 Å². The molecule has 18 heavy (non-hydrogen) atoms. The highest BCUT2D eigenvalue weighted by molar-refractivity contribution is 9.10. The largest absolute Gasteiger partial charge is 0.397 e. The van der Waals surface area contributed by atoms with Gasteiger partial charge in [-0.1, -0.05) is 28.1 Å². The number of halogens is 1. The first-order chi connectivity index (χ1) is 8.56. The number of nitrogen functional groups attached to an aromatic ring is 1. The van der Waals surface area contributed by atoms with Crippen molar-refractivity contribution in [3.8, 4) is 0 Å². The van der Waals surface area contributed by atoms with Gasteiger partial charge in [0, 0.05) is 11.0 Å². The molecule has 2 aromatic rings. The Morgan fingerprint density at radius 2 is 1.67 bits per heavy atom. The molecular weight excluding hydrogens is 288 g/mol. The van der Waals surface area contributed by atoms with Gasteiger partial charge in [0.1, 0.15) is 0 Å². The Balaban J connectivity index is 2.10. The maximum absolute atomic E-state index is 6.01. The van der Waals surface area contributed by atoms with Gasteiger partial charge >= 0.3 is 0 Å². The van der Waals surface area contributed by atoms with Gasteiger partial charge in [-0.05, 0) is 54.8 Å². The number of anilines is 2. The lowest BCUT2D eigenvalue weighted by Gasteiger charge is -2.12. The van der Waals surface area contributed by atoms with Crippen molar-refractivity contribution in [1.82, 2.24) is 0 Å². The third-order valence-corrected chi connectivity index (χ3v) is 3.59. The Hall–Kier alpha value is -1.48. The van der Waals surface area contributed by atoms with Gasteiger partial charge in [0.25, 0.3) is 0 Å². The SMILES string of the molecule is Cc1cc(N)c(NCc2ccc(Br)cc2)cc1C. The van der Waals surface area contributed by atoms with Crippen LogP contribution in [0.2, 0.25) is 0 Å². The van der Waals surface area contributed by atoms with Crippen LogP contribution in [0.25, 0.3) is 0 Å². The average Bonchev–Trinajstić information content (AvgIpc) is 2.34. The van der Waals surface area contributed by atoms with E-state index in [-0.39, 0.29) is 0 Å². The summed E-state index contributed by atoms with van der Waals surface area (Å²) in [6.07, 6.45) is 0. The highest BCUT2D eigenvalue weighted by atomic mass is 79.9. The van der Waals surface area contributed by atoms with Gasteiger partial charge in [0.05, 0.1) is 11.4 Å². The number of benzene rings is 2. The lowest BCUT2D eigenvalue weighted by Crippen LogP contribution is -2.03. The Morgan fingerprint density at radius 3 is 2.33 bits per heavy atom. The molecule has 2 rings (SSSR count). The fourth-order valence-electron chi connectivity index (χ4n) is 1.79. The van der Waals surface area contributed by atoms with Crippen molar-refractivity contribution in [3.63, 3.8) is 0 Å². The predicted molar refractivity (Wildman–Crippen MR) is 81.8 cm³/mol. The second-order valence-corrected chi connectivity index (χ2v) is 5.42. The summed E-state index contributed by atoms with van der Waals surface area (Å²) in [5.41, 5.74) is 11.5. The van der Waals surface area contributed by atoms with Gasteiger partial charge < -0.3 is 11.1 Å². The second-order valence-electron chi connectivity index (χ2n) is 4.50. The summed E-state index contributed by atoms with van der Waals surface area (Å²) in [5.74, 6) is 0. The van der Waals surface area contributed by atoms with E-state index in [1.165, 1.54) is 16.7 Å². The molecule has 0 heterocycles. The van der Waals surface area contributed by atoms with Gasteiger partial charge in [-0.3, -0.25) is 0 Å². The third kappa shape index (κ3) is 3.05. The normalized spacial score (nSPS) is 10.4. The molecule has 0 unspecified atom stereocenters. The van der Waals surface area contributed by atoms with Crippen LogP contribution in [0.5, 0.6) is 0 Å². The Labute approximate surface area is 116 Å². The van der Waals surface area contributed by atoms with E-state index in [1.54, 1.807) is 0 Å². The Bertz CT molecular complexity index is 547. The standard InChI is InChI=1S/C15H17BrN2/c1-10-7-14(17)15(8-11(10)2)18-9-12-3-5-13(16)6-4-12/h3-8,18H,9,17H2,1-2H3. The minimum atomic E-state index is 0.778. The quantitative estimate of drug-likeness (QED) is 0.832. The van der Waals surface area contributed by atoms with Gasteiger partial charge in [-0.15, -0.1) is 0 Å². The molecule has 0 fully saturated rings. The summed E-state index contributed by atoms with van der Waals surface area (Å²) in [6, 6.07) is 12.4. The topological polar surface area (TPSA) is 38.0 Å². The number of aryl methyl sites for hydroxylation is 2. The molecule has 94 valence electrons. The first-order valence-corrected chi connectivity index (χ1v) is 6.70. The van der Waals surface area contributed by atoms with E-state index in [0.717, 1.165) is 22.4 Å². The zero-order valence-electron chi connectivity index (χ0n) is 10.6. The number of nitrogens with two attached hydrogens (primary N) is 1. The van der Waals surface area contributed by atoms with Crippen LogP contribution in [0.3, 0.4) is 0 Å². The molecule has 0 aromatic heterocycles. The molecule has 0 saturated carbocycles. The highest BCUT2D eigenvalue weighted by Gasteiger charge is 2.02. The Kier molecular flexibility index (Phi) is 3.92. The van der Waals surface area contributed by atoms with Crippen molar-refractivity contribution in [3.05, 3.63) is 57.6 Å². The molecule has 0 aliphatic carbocycles. The summed E-state index contributed by atoms with van der Waals surface area (Å²) < 4.78 is 1.09. The molecule has 0 radical (unpaired) electrons. The molecule has 0 bridgehead atoms. The summed E-state index contributed by atoms with van der Waals surface area (Å²) >= 11 is 3.43. The molecule has 0 saturated heterocycles. The highest BCUT2D eigenvalue weighted by Crippen LogP contribution is 2.23. The van der Waals surface area contributed by atoms with Crippen LogP contribution in [0.4, 0.5) is 11.4 Å². The summed E-state index contributed by atoms with van der Waals surface area (Å²) in [4.78, 5) is 0. The maximum atomic E-state index is 6.01. The molecule has 2 aromatic carbocycles. The van der Waals surface area contributed by atoms with Gasteiger partial charge in [-0.2, -0.15) is 0 Å². The monoisotopic (exact) mass is 304 g/mol. The van der Waals surface area contributed by atoms with Gasteiger partial charge in [0.15, 0.2) is 0 Å². The summed E-state index contributed by atoms with van der Waals surface area (Å²) in [7, 11) is 0. The van der Waals surface area contributed by atoms with Gasteiger partial charge in [0.2, 0.25) is 0 Å². The average molecular weight is 305 g/mol. The van der Waals surface area contributed by atoms with E-state index in [0.29, 0.717) is 0 Å². The van der Waals surface area contributed by atoms with Crippen molar-refractivity contribution in [1.29, 1.82) is 0 Å². The summed E-state index contributed by atoms with van der Waals surface area (Å²) in [6.45, 7) is 4.95. The number of hydrogen-bond donors (Lipinski definition) is 2. The van der Waals surface area contributed by atoms with Crippen LogP contribution >= 0.6 is 15.9 Å². The first-order valence-electron chi connectivity index (χ1n) is 5.91. The third-order valence-electron chi connectivity index (χ3n) is 3.06. The van der Waals surface area contributed by atoms with E-state index in [1.807, 2.05) is 18.2 Å². The molecule has 0 aliphatic heterocycles. The molecule has 2 nitrogen and oxygen atoms in total. The molecule has 0 aliphatic rings. The van der Waals surface area contributed by atoms with E-state index >= 15 is 0 Å². The van der Waals surface area contributed by atoms with Crippen LogP contribution in [-0.4, -0.2) is 0 Å². The Morgan fingerprint density at radius 1 is 1.06 bits per heavy atom. The molecule has 3 heteroatoms. The van der Waals surface area contributed by atoms with Gasteiger partial charge in [-0.25, -0.2) is 0 Å². The fourth-order valence-corrected chi connectivity index (χ4v) is 2.06. The van der Waals surface area contributed by atoms with E-state index < -0.39 is 0 Å². The molecule has 0 amide bonds. The van der Waals surface area contributed by atoms with Crippen molar-refractivity contribution in [2.75, 3.05) is 11.1 Å². The molecule has 0 atom stereocenters. The van der Waals surface area contributed by atoms with Crippen molar-refractivity contribution >= 4 is 27.3 Å². The fraction of sp³-hybridized carbons (Fsp3) is 0.200. The smallest absolute Gasteiger partial charge is 0.0579 e. The van der Waals surface area contributed by atoms with Crippen LogP contribution in [0, 0.1) is 13.8 Å². The van der Waals surface area contributed by atoms with E-state index in [9.17, 15) is 0 Å². The van der Waals surface area contributed by atoms with Crippen molar-refractivity contribution in [2.45, 2.75) is 20.4 Å². The number of rotatable bonds is 3. The predicted octanol–water partition coefficient (Wildman–Crippen LogP) is 4.26. The summed E-state index contributed by atoms with van der Waals surface area (Å²) in [5, 5.41) is 3.38. The van der Waals surface area contributed by atoms with Crippen molar-refractivity contribution < 1.29 is 0 Å². The zero-order chi connectivity index (χ0) is 13.1. The van der Waals surface area contributed by atoms with Crippen LogP contribution in [0.15, 0.2) is 40.9 Å². The molecular formula is C15H17BrN2. The molecule has 3 N–H and O–H groups in total. The minimum absolute atomic E-state index is 0.778. The lowest BCUT2D eigenvalue weighted by atomic mass is 10.1. The second kappa shape index (κ2) is 5.44. The van der Waals surface area contributed by atoms with E-state index in [4.69, 9.17) is 5.73 Å².